The average molecular weight is 383 g/mol. The summed E-state index contributed by atoms with van der Waals surface area (Å²) < 4.78 is 12.6. The van der Waals surface area contributed by atoms with Crippen molar-refractivity contribution in [3.63, 3.8) is 0 Å². The number of amides is 1. The lowest BCUT2D eigenvalue weighted by molar-refractivity contribution is -0.152. The second kappa shape index (κ2) is 7.50. The normalized spacial score (nSPS) is 12.2. The Morgan fingerprint density at radius 2 is 1.96 bits per heavy atom. The van der Waals surface area contributed by atoms with E-state index >= 15 is 0 Å². The van der Waals surface area contributed by atoms with E-state index in [0.29, 0.717) is 11.4 Å². The Labute approximate surface area is 163 Å². The molecule has 2 heterocycles. The fourth-order valence-electron chi connectivity index (χ4n) is 3.15. The van der Waals surface area contributed by atoms with E-state index in [1.165, 1.54) is 0 Å². The number of carbonyl (C=O) groups excluding carboxylic acids is 2. The largest absolute Gasteiger partial charge is 0.464 e. The Morgan fingerprint density at radius 1 is 1.25 bits per heavy atom. The molecule has 1 aromatic carbocycles. The van der Waals surface area contributed by atoms with Crippen LogP contribution in [-0.4, -0.2) is 27.8 Å². The van der Waals surface area contributed by atoms with E-state index < -0.39 is 18.0 Å². The van der Waals surface area contributed by atoms with E-state index in [2.05, 4.69) is 10.4 Å². The summed E-state index contributed by atoms with van der Waals surface area (Å²) in [6.07, 6.45) is 0.692. The van der Waals surface area contributed by atoms with Crippen molar-refractivity contribution < 1.29 is 18.7 Å². The summed E-state index contributed by atoms with van der Waals surface area (Å²) in [6, 6.07) is 3.94. The van der Waals surface area contributed by atoms with Gasteiger partial charge in [0.05, 0.1) is 29.8 Å². The summed E-state index contributed by atoms with van der Waals surface area (Å²) in [6.45, 7) is 9.22. The van der Waals surface area contributed by atoms with Crippen LogP contribution in [0.25, 0.3) is 11.0 Å². The van der Waals surface area contributed by atoms with Gasteiger partial charge in [0, 0.05) is 18.0 Å². The lowest BCUT2D eigenvalue weighted by Gasteiger charge is -2.13. The highest BCUT2D eigenvalue weighted by atomic mass is 16.5. The van der Waals surface area contributed by atoms with Gasteiger partial charge in [0.1, 0.15) is 5.58 Å². The Bertz CT molecular complexity index is 1060. The molecule has 1 N–H and O–H groups in total. The lowest BCUT2D eigenvalue weighted by atomic mass is 10.0. The van der Waals surface area contributed by atoms with Crippen molar-refractivity contribution in [1.82, 2.24) is 9.78 Å². The summed E-state index contributed by atoms with van der Waals surface area (Å²) in [5.41, 5.74) is 5.88. The van der Waals surface area contributed by atoms with Crippen LogP contribution in [0.2, 0.25) is 0 Å². The Morgan fingerprint density at radius 3 is 2.61 bits per heavy atom. The first-order chi connectivity index (χ1) is 13.2. The minimum absolute atomic E-state index is 0.0398. The van der Waals surface area contributed by atoms with Crippen LogP contribution in [0.3, 0.4) is 0 Å². The fourth-order valence-corrected chi connectivity index (χ4v) is 3.15. The molecular formula is C21H25N3O4. The van der Waals surface area contributed by atoms with E-state index in [9.17, 15) is 9.59 Å². The third kappa shape index (κ3) is 3.65. The zero-order valence-electron chi connectivity index (χ0n) is 17.0. The maximum Gasteiger partial charge on any atom is 0.311 e. The molecule has 0 aliphatic carbocycles. The second-order valence-electron chi connectivity index (χ2n) is 7.11. The Balaban J connectivity index is 1.66. The van der Waals surface area contributed by atoms with Gasteiger partial charge in [0.25, 0.3) is 5.91 Å². The first kappa shape index (κ1) is 19.7. The molecule has 28 heavy (non-hydrogen) atoms. The van der Waals surface area contributed by atoms with Crippen LogP contribution in [-0.2, 0) is 27.8 Å². The van der Waals surface area contributed by atoms with Gasteiger partial charge in [-0.15, -0.1) is 0 Å². The number of carbonyl (C=O) groups is 2. The second-order valence-corrected chi connectivity index (χ2v) is 7.11. The van der Waals surface area contributed by atoms with Crippen molar-refractivity contribution in [1.29, 1.82) is 0 Å². The molecule has 0 fully saturated rings. The minimum atomic E-state index is -0.923. The predicted octanol–water partition coefficient (Wildman–Crippen LogP) is 3.51. The number of rotatable bonds is 5. The number of fused-ring (bicyclic) bond motifs is 1. The molecule has 1 amide bonds. The van der Waals surface area contributed by atoms with Crippen molar-refractivity contribution in [2.24, 2.45) is 7.05 Å². The summed E-state index contributed by atoms with van der Waals surface area (Å²) in [5.74, 6) is -0.876. The SMILES string of the molecule is Cc1ccc2c(CC(=O)O[C@@H](C)C(=O)Nc3c(C)nn(C)c3C)coc2c1C. The summed E-state index contributed by atoms with van der Waals surface area (Å²) in [4.78, 5) is 24.8. The van der Waals surface area contributed by atoms with Crippen LogP contribution in [0.15, 0.2) is 22.8 Å². The monoisotopic (exact) mass is 383 g/mol. The van der Waals surface area contributed by atoms with Gasteiger partial charge in [-0.3, -0.25) is 14.3 Å². The standard InChI is InChI=1S/C21H25N3O4/c1-11-7-8-17-16(10-27-20(17)12(11)2)9-18(25)28-15(5)21(26)22-19-13(3)23-24(6)14(19)4/h7-8,10,15H,9H2,1-6H3,(H,22,26)/t15-/m0/s1. The van der Waals surface area contributed by atoms with Crippen LogP contribution in [0.1, 0.15) is 35.0 Å². The fraction of sp³-hybridized carbons (Fsp3) is 0.381. The van der Waals surface area contributed by atoms with Crippen LogP contribution in [0, 0.1) is 27.7 Å². The third-order valence-corrected chi connectivity index (χ3v) is 5.11. The summed E-state index contributed by atoms with van der Waals surface area (Å²) >= 11 is 0. The maximum absolute atomic E-state index is 12.4. The minimum Gasteiger partial charge on any atom is -0.464 e. The zero-order valence-corrected chi connectivity index (χ0v) is 17.0. The molecule has 0 bridgehead atoms. The van der Waals surface area contributed by atoms with Crippen LogP contribution in [0.4, 0.5) is 5.69 Å². The van der Waals surface area contributed by atoms with E-state index in [1.807, 2.05) is 39.8 Å². The first-order valence-corrected chi connectivity index (χ1v) is 9.15. The quantitative estimate of drug-likeness (QED) is 0.681. The number of aromatic nitrogens is 2. The molecule has 0 saturated carbocycles. The smallest absolute Gasteiger partial charge is 0.311 e. The average Bonchev–Trinajstić information content (AvgIpc) is 3.14. The number of nitrogens with one attached hydrogen (secondary N) is 1. The molecular weight excluding hydrogens is 358 g/mol. The number of ether oxygens (including phenoxy) is 1. The molecule has 0 aliphatic rings. The van der Waals surface area contributed by atoms with Gasteiger partial charge in [-0.25, -0.2) is 0 Å². The molecule has 7 heteroatoms. The van der Waals surface area contributed by atoms with Gasteiger partial charge < -0.3 is 14.5 Å². The molecule has 148 valence electrons. The van der Waals surface area contributed by atoms with Crippen LogP contribution < -0.4 is 5.32 Å². The van der Waals surface area contributed by atoms with Crippen molar-refractivity contribution in [2.75, 3.05) is 5.32 Å². The first-order valence-electron chi connectivity index (χ1n) is 9.15. The Hall–Kier alpha value is -3.09. The topological polar surface area (TPSA) is 86.4 Å². The lowest BCUT2D eigenvalue weighted by Crippen LogP contribution is -2.30. The number of benzene rings is 1. The summed E-state index contributed by atoms with van der Waals surface area (Å²) in [5, 5.41) is 7.94. The van der Waals surface area contributed by atoms with Gasteiger partial charge in [0.2, 0.25) is 0 Å². The molecule has 0 saturated heterocycles. The van der Waals surface area contributed by atoms with Gasteiger partial charge in [0.15, 0.2) is 6.10 Å². The van der Waals surface area contributed by atoms with Gasteiger partial charge in [-0.2, -0.15) is 5.10 Å². The molecule has 3 aromatic rings. The third-order valence-electron chi connectivity index (χ3n) is 5.11. The maximum atomic E-state index is 12.4. The summed E-state index contributed by atoms with van der Waals surface area (Å²) in [7, 11) is 1.81. The molecule has 0 spiro atoms. The van der Waals surface area contributed by atoms with Crippen LogP contribution in [0.5, 0.6) is 0 Å². The van der Waals surface area contributed by atoms with Gasteiger partial charge in [-0.1, -0.05) is 12.1 Å². The number of esters is 1. The van der Waals surface area contributed by atoms with Gasteiger partial charge >= 0.3 is 5.97 Å². The molecule has 0 radical (unpaired) electrons. The molecule has 0 aliphatic heterocycles. The highest BCUT2D eigenvalue weighted by Crippen LogP contribution is 2.27. The molecule has 3 rings (SSSR count). The zero-order chi connectivity index (χ0) is 20.6. The number of nitrogens with zero attached hydrogens (tertiary/aromatic N) is 2. The van der Waals surface area contributed by atoms with Crippen molar-refractivity contribution in [3.8, 4) is 0 Å². The van der Waals surface area contributed by atoms with E-state index in [0.717, 1.165) is 33.4 Å². The van der Waals surface area contributed by atoms with Crippen molar-refractivity contribution >= 4 is 28.5 Å². The van der Waals surface area contributed by atoms with Crippen molar-refractivity contribution in [3.05, 3.63) is 46.5 Å². The Kier molecular flexibility index (Phi) is 5.27. The van der Waals surface area contributed by atoms with Crippen molar-refractivity contribution in [2.45, 2.75) is 47.1 Å². The van der Waals surface area contributed by atoms with Gasteiger partial charge in [-0.05, 0) is 45.7 Å². The molecule has 2 aromatic heterocycles. The number of furan rings is 1. The number of hydrogen-bond donors (Lipinski definition) is 1. The molecule has 0 unspecified atom stereocenters. The molecule has 7 nitrogen and oxygen atoms in total. The molecule has 1 atom stereocenters. The predicted molar refractivity (Wildman–Crippen MR) is 106 cm³/mol. The van der Waals surface area contributed by atoms with E-state index in [1.54, 1.807) is 24.9 Å². The highest BCUT2D eigenvalue weighted by molar-refractivity contribution is 5.96. The number of anilines is 1. The number of hydrogen-bond acceptors (Lipinski definition) is 5. The van der Waals surface area contributed by atoms with E-state index in [-0.39, 0.29) is 6.42 Å². The number of aryl methyl sites for hydroxylation is 4. The van der Waals surface area contributed by atoms with Crippen LogP contribution >= 0.6 is 0 Å². The highest BCUT2D eigenvalue weighted by Gasteiger charge is 2.22. The van der Waals surface area contributed by atoms with E-state index in [4.69, 9.17) is 9.15 Å².